The van der Waals surface area contributed by atoms with E-state index in [2.05, 4.69) is 76.7 Å². The molecule has 0 saturated heterocycles. The fourth-order valence-electron chi connectivity index (χ4n) is 2.36. The second-order valence-corrected chi connectivity index (χ2v) is 6.23. The number of rotatable bonds is 7. The summed E-state index contributed by atoms with van der Waals surface area (Å²) in [5, 5.41) is 0. The number of halogens is 1. The first-order chi connectivity index (χ1) is 11.2. The van der Waals surface area contributed by atoms with Gasteiger partial charge < -0.3 is 9.64 Å². The second-order valence-electron chi connectivity index (χ2n) is 5.07. The molecule has 4 heteroatoms. The maximum absolute atomic E-state index is 5.55. The molecule has 0 bridgehead atoms. The maximum Gasteiger partial charge on any atom is 0.132 e. The first-order valence-corrected chi connectivity index (χ1v) is 9.07. The topological polar surface area (TPSA) is 24.8 Å². The molecule has 122 valence electrons. The molecule has 0 saturated carbocycles. The summed E-state index contributed by atoms with van der Waals surface area (Å²) in [5.41, 5.74) is 3.28. The zero-order chi connectivity index (χ0) is 16.7. The molecule has 0 spiro atoms. The minimum Gasteiger partial charge on any atom is -0.493 e. The quantitative estimate of drug-likeness (QED) is 0.448. The minimum atomic E-state index is 0.683. The van der Waals surface area contributed by atoms with Crippen molar-refractivity contribution in [3.05, 3.63) is 51.6 Å². The normalized spacial score (nSPS) is 11.0. The molecule has 23 heavy (non-hydrogen) atoms. The van der Waals surface area contributed by atoms with Gasteiger partial charge in [0.25, 0.3) is 0 Å². The van der Waals surface area contributed by atoms with Crippen LogP contribution < -0.4 is 9.64 Å². The Bertz CT molecular complexity index is 649. The van der Waals surface area contributed by atoms with Crippen molar-refractivity contribution in [2.75, 3.05) is 24.6 Å². The molecule has 0 amide bonds. The number of hydrogen-bond acceptors (Lipinski definition) is 3. The van der Waals surface area contributed by atoms with Crippen LogP contribution in [0.4, 0.5) is 11.4 Å². The van der Waals surface area contributed by atoms with E-state index in [0.717, 1.165) is 33.7 Å². The zero-order valence-electron chi connectivity index (χ0n) is 13.9. The number of anilines is 1. The highest BCUT2D eigenvalue weighted by Gasteiger charge is 2.02. The Hall–Kier alpha value is -1.56. The number of benzene rings is 2. The van der Waals surface area contributed by atoms with E-state index in [1.165, 1.54) is 5.69 Å². The van der Waals surface area contributed by atoms with Crippen LogP contribution in [0.2, 0.25) is 0 Å². The third-order valence-corrected chi connectivity index (χ3v) is 4.44. The van der Waals surface area contributed by atoms with Gasteiger partial charge in [-0.3, -0.25) is 4.99 Å². The second kappa shape index (κ2) is 8.91. The van der Waals surface area contributed by atoms with Gasteiger partial charge in [0.05, 0.1) is 15.9 Å². The van der Waals surface area contributed by atoms with Crippen molar-refractivity contribution < 1.29 is 4.74 Å². The predicted molar refractivity (Wildman–Crippen MR) is 108 cm³/mol. The fourth-order valence-corrected chi connectivity index (χ4v) is 3.05. The van der Waals surface area contributed by atoms with Gasteiger partial charge in [0, 0.05) is 25.0 Å². The lowest BCUT2D eigenvalue weighted by molar-refractivity contribution is 0.338. The summed E-state index contributed by atoms with van der Waals surface area (Å²) in [6.07, 6.45) is 1.89. The fraction of sp³-hybridized carbons (Fsp3) is 0.316. The largest absolute Gasteiger partial charge is 0.493 e. The van der Waals surface area contributed by atoms with Crippen LogP contribution >= 0.6 is 22.6 Å². The molecule has 3 nitrogen and oxygen atoms in total. The van der Waals surface area contributed by atoms with Gasteiger partial charge in [0.2, 0.25) is 0 Å². The zero-order valence-corrected chi connectivity index (χ0v) is 16.1. The Morgan fingerprint density at radius 3 is 2.30 bits per heavy atom. The SMILES string of the molecule is CCOc1ccc(C=Nc2ccc(N(CC)CC)cc2)cc1I. The summed E-state index contributed by atoms with van der Waals surface area (Å²) >= 11 is 2.29. The van der Waals surface area contributed by atoms with Crippen molar-refractivity contribution >= 4 is 40.2 Å². The molecule has 0 heterocycles. The lowest BCUT2D eigenvalue weighted by Gasteiger charge is -2.20. The van der Waals surface area contributed by atoms with Gasteiger partial charge in [-0.15, -0.1) is 0 Å². The van der Waals surface area contributed by atoms with Crippen molar-refractivity contribution in [1.29, 1.82) is 0 Å². The molecule has 2 rings (SSSR count). The van der Waals surface area contributed by atoms with Gasteiger partial charge >= 0.3 is 0 Å². The molecule has 0 fully saturated rings. The first-order valence-electron chi connectivity index (χ1n) is 7.99. The summed E-state index contributed by atoms with van der Waals surface area (Å²) in [7, 11) is 0. The molecular formula is C19H23IN2O. The Labute approximate surface area is 152 Å². The van der Waals surface area contributed by atoms with Gasteiger partial charge in [-0.25, -0.2) is 0 Å². The van der Waals surface area contributed by atoms with E-state index in [4.69, 9.17) is 4.74 Å². The standard InChI is InChI=1S/C19H23IN2O/c1-4-22(5-2)17-10-8-16(9-11-17)21-14-15-7-12-19(23-6-3)18(20)13-15/h7-14H,4-6H2,1-3H3. The van der Waals surface area contributed by atoms with Crippen LogP contribution in [-0.2, 0) is 0 Å². The minimum absolute atomic E-state index is 0.683. The van der Waals surface area contributed by atoms with Crippen LogP contribution in [0.3, 0.4) is 0 Å². The lowest BCUT2D eigenvalue weighted by Crippen LogP contribution is -2.21. The Kier molecular flexibility index (Phi) is 6.89. The molecule has 0 aliphatic carbocycles. The van der Waals surface area contributed by atoms with Crippen molar-refractivity contribution in [3.63, 3.8) is 0 Å². The highest BCUT2D eigenvalue weighted by atomic mass is 127. The Balaban J connectivity index is 2.09. The van der Waals surface area contributed by atoms with Crippen molar-refractivity contribution in [2.45, 2.75) is 20.8 Å². The highest BCUT2D eigenvalue weighted by molar-refractivity contribution is 14.1. The van der Waals surface area contributed by atoms with Crippen LogP contribution in [0, 0.1) is 3.57 Å². The van der Waals surface area contributed by atoms with Gasteiger partial charge in [-0.05, 0) is 91.4 Å². The van der Waals surface area contributed by atoms with Crippen LogP contribution in [0.1, 0.15) is 26.3 Å². The van der Waals surface area contributed by atoms with E-state index >= 15 is 0 Å². The van der Waals surface area contributed by atoms with E-state index in [-0.39, 0.29) is 0 Å². The molecule has 0 unspecified atom stereocenters. The third-order valence-electron chi connectivity index (χ3n) is 3.60. The third kappa shape index (κ3) is 4.96. The molecule has 2 aromatic rings. The highest BCUT2D eigenvalue weighted by Crippen LogP contribution is 2.23. The summed E-state index contributed by atoms with van der Waals surface area (Å²) in [5.74, 6) is 0.925. The molecule has 2 aromatic carbocycles. The van der Waals surface area contributed by atoms with Gasteiger partial charge in [-0.2, -0.15) is 0 Å². The van der Waals surface area contributed by atoms with Gasteiger partial charge in [0.15, 0.2) is 0 Å². The summed E-state index contributed by atoms with van der Waals surface area (Å²) < 4.78 is 6.66. The Morgan fingerprint density at radius 2 is 1.74 bits per heavy atom. The molecule has 0 N–H and O–H groups in total. The monoisotopic (exact) mass is 422 g/mol. The first kappa shape index (κ1) is 17.8. The number of aliphatic imine (C=N–C) groups is 1. The number of nitrogens with zero attached hydrogens (tertiary/aromatic N) is 2. The molecule has 0 atom stereocenters. The van der Waals surface area contributed by atoms with Crippen molar-refractivity contribution in [2.24, 2.45) is 4.99 Å². The molecule has 0 aliphatic rings. The number of ether oxygens (including phenoxy) is 1. The van der Waals surface area contributed by atoms with Gasteiger partial charge in [-0.1, -0.05) is 0 Å². The van der Waals surface area contributed by atoms with E-state index in [9.17, 15) is 0 Å². The van der Waals surface area contributed by atoms with Crippen LogP contribution in [0.5, 0.6) is 5.75 Å². The van der Waals surface area contributed by atoms with Crippen molar-refractivity contribution in [3.8, 4) is 5.75 Å². The van der Waals surface area contributed by atoms with E-state index < -0.39 is 0 Å². The average Bonchev–Trinajstić information content (AvgIpc) is 2.57. The van der Waals surface area contributed by atoms with Crippen LogP contribution in [0.15, 0.2) is 47.5 Å². The van der Waals surface area contributed by atoms with Crippen LogP contribution in [-0.4, -0.2) is 25.9 Å². The van der Waals surface area contributed by atoms with Gasteiger partial charge in [0.1, 0.15) is 5.75 Å². The van der Waals surface area contributed by atoms with E-state index in [1.807, 2.05) is 25.3 Å². The molecular weight excluding hydrogens is 399 g/mol. The smallest absolute Gasteiger partial charge is 0.132 e. The van der Waals surface area contributed by atoms with Crippen LogP contribution in [0.25, 0.3) is 0 Å². The average molecular weight is 422 g/mol. The Morgan fingerprint density at radius 1 is 1.04 bits per heavy atom. The number of hydrogen-bond donors (Lipinski definition) is 0. The predicted octanol–water partition coefficient (Wildman–Crippen LogP) is 5.29. The summed E-state index contributed by atoms with van der Waals surface area (Å²) in [4.78, 5) is 6.88. The molecule has 0 radical (unpaired) electrons. The van der Waals surface area contributed by atoms with E-state index in [1.54, 1.807) is 0 Å². The lowest BCUT2D eigenvalue weighted by atomic mass is 10.2. The summed E-state index contributed by atoms with van der Waals surface area (Å²) in [6, 6.07) is 14.5. The maximum atomic E-state index is 5.55. The summed E-state index contributed by atoms with van der Waals surface area (Å²) in [6.45, 7) is 9.05. The molecule has 0 aliphatic heterocycles. The van der Waals surface area contributed by atoms with Crippen molar-refractivity contribution in [1.82, 2.24) is 0 Å². The van der Waals surface area contributed by atoms with E-state index in [0.29, 0.717) is 6.61 Å². The molecule has 0 aromatic heterocycles.